The van der Waals surface area contributed by atoms with E-state index >= 15 is 0 Å². The zero-order valence-corrected chi connectivity index (χ0v) is 8.78. The van der Waals surface area contributed by atoms with E-state index in [2.05, 4.69) is 5.32 Å². The second-order valence-corrected chi connectivity index (χ2v) is 3.47. The van der Waals surface area contributed by atoms with Gasteiger partial charge >= 0.3 is 0 Å². The van der Waals surface area contributed by atoms with Crippen LogP contribution in [0.15, 0.2) is 12.1 Å². The zero-order chi connectivity index (χ0) is 11.5. The van der Waals surface area contributed by atoms with Gasteiger partial charge in [-0.1, -0.05) is 0 Å². The number of hydrogen-bond acceptors (Lipinski definition) is 4. The van der Waals surface area contributed by atoms with Crippen LogP contribution in [0.5, 0.6) is 11.5 Å². The quantitative estimate of drug-likeness (QED) is 0.597. The SMILES string of the molecule is Cc1cc2c(cc1CNC(=O)C=O)OCO2. The predicted molar refractivity (Wildman–Crippen MR) is 55.2 cm³/mol. The molecule has 1 aliphatic heterocycles. The molecule has 5 nitrogen and oxygen atoms in total. The lowest BCUT2D eigenvalue weighted by Crippen LogP contribution is -2.23. The van der Waals surface area contributed by atoms with Gasteiger partial charge in [-0.25, -0.2) is 0 Å². The van der Waals surface area contributed by atoms with Crippen LogP contribution in [0.1, 0.15) is 11.1 Å². The second kappa shape index (κ2) is 4.22. The molecule has 1 aliphatic rings. The third-order valence-corrected chi connectivity index (χ3v) is 2.39. The summed E-state index contributed by atoms with van der Waals surface area (Å²) in [6, 6.07) is 3.66. The van der Waals surface area contributed by atoms with E-state index in [0.717, 1.165) is 11.1 Å². The number of hydrogen-bond donors (Lipinski definition) is 1. The molecule has 1 heterocycles. The second-order valence-electron chi connectivity index (χ2n) is 3.47. The summed E-state index contributed by atoms with van der Waals surface area (Å²) in [5.41, 5.74) is 1.88. The van der Waals surface area contributed by atoms with Crippen molar-refractivity contribution in [3.8, 4) is 11.5 Å². The highest BCUT2D eigenvalue weighted by atomic mass is 16.7. The Hall–Kier alpha value is -2.04. The van der Waals surface area contributed by atoms with Crippen molar-refractivity contribution >= 4 is 12.2 Å². The number of aryl methyl sites for hydroxylation is 1. The number of aldehydes is 1. The average molecular weight is 221 g/mol. The minimum Gasteiger partial charge on any atom is -0.454 e. The van der Waals surface area contributed by atoms with Crippen LogP contribution in [0.3, 0.4) is 0 Å². The third-order valence-electron chi connectivity index (χ3n) is 2.39. The fourth-order valence-corrected chi connectivity index (χ4v) is 1.50. The summed E-state index contributed by atoms with van der Waals surface area (Å²) < 4.78 is 10.4. The standard InChI is InChI=1S/C11H11NO4/c1-7-2-9-10(16-6-15-9)3-8(7)4-12-11(14)5-13/h2-3,5H,4,6H2,1H3,(H,12,14). The van der Waals surface area contributed by atoms with E-state index in [1.807, 2.05) is 19.1 Å². The number of nitrogens with one attached hydrogen (secondary N) is 1. The number of amides is 1. The molecule has 1 N–H and O–H groups in total. The molecule has 84 valence electrons. The van der Waals surface area contributed by atoms with Crippen LogP contribution < -0.4 is 14.8 Å². The molecule has 16 heavy (non-hydrogen) atoms. The molecule has 0 spiro atoms. The lowest BCUT2D eigenvalue weighted by molar-refractivity contribution is -0.131. The van der Waals surface area contributed by atoms with Crippen LogP contribution in [0.25, 0.3) is 0 Å². The first-order valence-corrected chi connectivity index (χ1v) is 4.83. The van der Waals surface area contributed by atoms with Gasteiger partial charge in [0.15, 0.2) is 11.5 Å². The summed E-state index contributed by atoms with van der Waals surface area (Å²) in [5.74, 6) is 0.751. The topological polar surface area (TPSA) is 64.6 Å². The molecule has 0 radical (unpaired) electrons. The number of benzene rings is 1. The van der Waals surface area contributed by atoms with Crippen LogP contribution in [0, 0.1) is 6.92 Å². The van der Waals surface area contributed by atoms with Gasteiger partial charge in [0.25, 0.3) is 5.91 Å². The Balaban J connectivity index is 2.15. The van der Waals surface area contributed by atoms with E-state index in [4.69, 9.17) is 9.47 Å². The van der Waals surface area contributed by atoms with Crippen LogP contribution in [0.2, 0.25) is 0 Å². The average Bonchev–Trinajstić information content (AvgIpc) is 2.72. The third kappa shape index (κ3) is 1.98. The molecule has 0 atom stereocenters. The minimum atomic E-state index is -0.628. The molecular weight excluding hydrogens is 210 g/mol. The summed E-state index contributed by atoms with van der Waals surface area (Å²) in [6.07, 6.45) is 0.252. The molecule has 0 bridgehead atoms. The van der Waals surface area contributed by atoms with Gasteiger partial charge in [-0.05, 0) is 30.2 Å². The van der Waals surface area contributed by atoms with Crippen LogP contribution >= 0.6 is 0 Å². The van der Waals surface area contributed by atoms with Gasteiger partial charge in [-0.3, -0.25) is 9.59 Å². The molecule has 0 aromatic heterocycles. The van der Waals surface area contributed by atoms with Crippen molar-refractivity contribution in [3.63, 3.8) is 0 Å². The lowest BCUT2D eigenvalue weighted by atomic mass is 10.1. The molecule has 0 aliphatic carbocycles. The number of fused-ring (bicyclic) bond motifs is 1. The molecular formula is C11H11NO4. The van der Waals surface area contributed by atoms with Crippen LogP contribution in [-0.4, -0.2) is 19.0 Å². The number of ether oxygens (including phenoxy) is 2. The number of carbonyl (C=O) groups excluding carboxylic acids is 2. The van der Waals surface area contributed by atoms with Gasteiger partial charge in [0.2, 0.25) is 13.1 Å². The highest BCUT2D eigenvalue weighted by molar-refractivity contribution is 6.23. The smallest absolute Gasteiger partial charge is 0.284 e. The van der Waals surface area contributed by atoms with Gasteiger partial charge in [0, 0.05) is 6.54 Å². The fourth-order valence-electron chi connectivity index (χ4n) is 1.50. The summed E-state index contributed by atoms with van der Waals surface area (Å²) in [4.78, 5) is 20.9. The normalized spacial score (nSPS) is 12.3. The lowest BCUT2D eigenvalue weighted by Gasteiger charge is -2.07. The van der Waals surface area contributed by atoms with Crippen molar-refractivity contribution in [1.82, 2.24) is 5.32 Å². The Labute approximate surface area is 92.4 Å². The summed E-state index contributed by atoms with van der Waals surface area (Å²) in [5, 5.41) is 2.48. The first-order valence-electron chi connectivity index (χ1n) is 4.83. The van der Waals surface area contributed by atoms with Crippen molar-refractivity contribution in [2.75, 3.05) is 6.79 Å². The first-order chi connectivity index (χ1) is 7.70. The van der Waals surface area contributed by atoms with E-state index in [1.54, 1.807) is 0 Å². The van der Waals surface area contributed by atoms with Crippen molar-refractivity contribution in [3.05, 3.63) is 23.3 Å². The van der Waals surface area contributed by atoms with Crippen molar-refractivity contribution in [1.29, 1.82) is 0 Å². The van der Waals surface area contributed by atoms with Gasteiger partial charge < -0.3 is 14.8 Å². The Bertz CT molecular complexity index is 442. The van der Waals surface area contributed by atoms with E-state index in [0.29, 0.717) is 18.0 Å². The van der Waals surface area contributed by atoms with Gasteiger partial charge in [0.1, 0.15) is 0 Å². The maximum atomic E-state index is 10.8. The molecule has 1 amide bonds. The van der Waals surface area contributed by atoms with E-state index in [9.17, 15) is 9.59 Å². The Morgan fingerprint density at radius 2 is 2.12 bits per heavy atom. The maximum Gasteiger partial charge on any atom is 0.284 e. The molecule has 0 unspecified atom stereocenters. The summed E-state index contributed by atoms with van der Waals surface area (Å²) in [6.45, 7) is 2.43. The molecule has 5 heteroatoms. The van der Waals surface area contributed by atoms with Crippen LogP contribution in [-0.2, 0) is 16.1 Å². The summed E-state index contributed by atoms with van der Waals surface area (Å²) in [7, 11) is 0. The monoisotopic (exact) mass is 221 g/mol. The molecule has 0 saturated heterocycles. The largest absolute Gasteiger partial charge is 0.454 e. The Kier molecular flexibility index (Phi) is 2.76. The number of carbonyl (C=O) groups is 2. The first kappa shape index (κ1) is 10.5. The highest BCUT2D eigenvalue weighted by Crippen LogP contribution is 2.34. The maximum absolute atomic E-state index is 10.8. The molecule has 1 aromatic carbocycles. The molecule has 2 rings (SSSR count). The highest BCUT2D eigenvalue weighted by Gasteiger charge is 2.15. The number of rotatable bonds is 3. The minimum absolute atomic E-state index is 0.221. The van der Waals surface area contributed by atoms with Crippen molar-refractivity contribution < 1.29 is 19.1 Å². The molecule has 0 saturated carbocycles. The molecule has 1 aromatic rings. The predicted octanol–water partition coefficient (Wildman–Crippen LogP) is 0.539. The van der Waals surface area contributed by atoms with Gasteiger partial charge in [-0.2, -0.15) is 0 Å². The van der Waals surface area contributed by atoms with Crippen molar-refractivity contribution in [2.45, 2.75) is 13.5 Å². The van der Waals surface area contributed by atoms with Gasteiger partial charge in [-0.15, -0.1) is 0 Å². The summed E-state index contributed by atoms with van der Waals surface area (Å²) >= 11 is 0. The van der Waals surface area contributed by atoms with E-state index < -0.39 is 5.91 Å². The van der Waals surface area contributed by atoms with E-state index in [-0.39, 0.29) is 13.1 Å². The van der Waals surface area contributed by atoms with Gasteiger partial charge in [0.05, 0.1) is 0 Å². The zero-order valence-electron chi connectivity index (χ0n) is 8.78. The van der Waals surface area contributed by atoms with Crippen LogP contribution in [0.4, 0.5) is 0 Å². The molecule has 0 fully saturated rings. The van der Waals surface area contributed by atoms with E-state index in [1.165, 1.54) is 0 Å². The van der Waals surface area contributed by atoms with Crippen molar-refractivity contribution in [2.24, 2.45) is 0 Å². The fraction of sp³-hybridized carbons (Fsp3) is 0.273. The Morgan fingerprint density at radius 3 is 2.81 bits per heavy atom. The Morgan fingerprint density at radius 1 is 1.44 bits per heavy atom.